The summed E-state index contributed by atoms with van der Waals surface area (Å²) in [7, 11) is 3.10. The summed E-state index contributed by atoms with van der Waals surface area (Å²) < 4.78 is 15.9. The molecule has 1 aliphatic rings. The molecule has 0 radical (unpaired) electrons. The minimum absolute atomic E-state index is 0.0373. The Hall–Kier alpha value is -3.62. The van der Waals surface area contributed by atoms with Gasteiger partial charge in [0.05, 0.1) is 19.1 Å². The summed E-state index contributed by atoms with van der Waals surface area (Å²) >= 11 is 0. The van der Waals surface area contributed by atoms with Gasteiger partial charge in [0.15, 0.2) is 11.5 Å². The minimum atomic E-state index is -0.372. The van der Waals surface area contributed by atoms with Gasteiger partial charge in [0, 0.05) is 30.3 Å². The van der Waals surface area contributed by atoms with E-state index in [2.05, 4.69) is 10.1 Å². The van der Waals surface area contributed by atoms with E-state index in [0.29, 0.717) is 34.1 Å². The summed E-state index contributed by atoms with van der Waals surface area (Å²) in [5, 5.41) is 15.6. The van der Waals surface area contributed by atoms with Crippen molar-refractivity contribution < 1.29 is 18.9 Å². The zero-order valence-corrected chi connectivity index (χ0v) is 16.1. The van der Waals surface area contributed by atoms with Crippen LogP contribution in [0.15, 0.2) is 40.9 Å². The van der Waals surface area contributed by atoms with Crippen LogP contribution >= 0.6 is 0 Å². The summed E-state index contributed by atoms with van der Waals surface area (Å²) in [6, 6.07) is 10.3. The van der Waals surface area contributed by atoms with Gasteiger partial charge in [0.25, 0.3) is 11.6 Å². The topological polar surface area (TPSA) is 104 Å². The Morgan fingerprint density at radius 2 is 1.76 bits per heavy atom. The highest BCUT2D eigenvalue weighted by Gasteiger charge is 2.24. The molecule has 0 saturated carbocycles. The molecule has 9 heteroatoms. The fraction of sp³-hybridized carbons (Fsp3) is 0.300. The van der Waals surface area contributed by atoms with Crippen LogP contribution in [0, 0.1) is 10.1 Å². The Kier molecular flexibility index (Phi) is 5.03. The van der Waals surface area contributed by atoms with E-state index in [1.165, 1.54) is 6.07 Å². The molecule has 2 heterocycles. The van der Waals surface area contributed by atoms with Crippen LogP contribution in [0.4, 0.5) is 11.4 Å². The van der Waals surface area contributed by atoms with Gasteiger partial charge in [0.2, 0.25) is 5.82 Å². The Balaban J connectivity index is 1.67. The lowest BCUT2D eigenvalue weighted by Gasteiger charge is -2.17. The predicted octanol–water partition coefficient (Wildman–Crippen LogP) is 3.93. The third-order valence-electron chi connectivity index (χ3n) is 4.93. The minimum Gasteiger partial charge on any atom is -0.493 e. The lowest BCUT2D eigenvalue weighted by molar-refractivity contribution is -0.384. The first-order valence-corrected chi connectivity index (χ1v) is 9.20. The van der Waals surface area contributed by atoms with Crippen molar-refractivity contribution in [1.82, 2.24) is 10.1 Å². The molecule has 150 valence electrons. The summed E-state index contributed by atoms with van der Waals surface area (Å²) in [6.45, 7) is 1.65. The number of nitro benzene ring substituents is 1. The first-order valence-electron chi connectivity index (χ1n) is 9.20. The molecule has 9 nitrogen and oxygen atoms in total. The molecule has 0 bridgehead atoms. The first-order chi connectivity index (χ1) is 14.1. The van der Waals surface area contributed by atoms with Crippen LogP contribution in [0.25, 0.3) is 22.8 Å². The molecule has 0 aliphatic carbocycles. The van der Waals surface area contributed by atoms with Crippen molar-refractivity contribution in [2.45, 2.75) is 12.8 Å². The molecule has 4 rings (SSSR count). The predicted molar refractivity (Wildman–Crippen MR) is 106 cm³/mol. The highest BCUT2D eigenvalue weighted by molar-refractivity contribution is 5.72. The standard InChI is InChI=1S/C20H20N4O5/c1-27-17-8-6-13(12-18(17)28-2)19-21-20(29-22-19)14-5-7-15(16(11-14)24(25)26)23-9-3-4-10-23/h5-8,11-12H,3-4,9-10H2,1-2H3. The van der Waals surface area contributed by atoms with Crippen LogP contribution < -0.4 is 14.4 Å². The monoisotopic (exact) mass is 396 g/mol. The molecule has 3 aromatic rings. The maximum atomic E-state index is 11.6. The molecular formula is C20H20N4O5. The van der Waals surface area contributed by atoms with Gasteiger partial charge in [-0.25, -0.2) is 0 Å². The number of nitro groups is 1. The van der Waals surface area contributed by atoms with Gasteiger partial charge in [-0.15, -0.1) is 0 Å². The highest BCUT2D eigenvalue weighted by atomic mass is 16.6. The van der Waals surface area contributed by atoms with Crippen LogP contribution in [0.3, 0.4) is 0 Å². The molecule has 29 heavy (non-hydrogen) atoms. The van der Waals surface area contributed by atoms with E-state index < -0.39 is 0 Å². The van der Waals surface area contributed by atoms with Crippen molar-refractivity contribution in [3.63, 3.8) is 0 Å². The quantitative estimate of drug-likeness (QED) is 0.456. The normalized spacial score (nSPS) is 13.5. The maximum absolute atomic E-state index is 11.6. The molecule has 0 unspecified atom stereocenters. The SMILES string of the molecule is COc1ccc(-c2noc(-c3ccc(N4CCCC4)c([N+](=O)[O-])c3)n2)cc1OC. The molecule has 0 atom stereocenters. The van der Waals surface area contributed by atoms with Crippen molar-refractivity contribution in [2.24, 2.45) is 0 Å². The summed E-state index contributed by atoms with van der Waals surface area (Å²) in [5.74, 6) is 1.70. The Morgan fingerprint density at radius 1 is 1.03 bits per heavy atom. The van der Waals surface area contributed by atoms with Gasteiger partial charge in [-0.3, -0.25) is 10.1 Å². The molecule has 1 aliphatic heterocycles. The molecule has 1 fully saturated rings. The van der Waals surface area contributed by atoms with Crippen LogP contribution in [0.1, 0.15) is 12.8 Å². The van der Waals surface area contributed by atoms with Crippen LogP contribution in [-0.4, -0.2) is 42.4 Å². The summed E-state index contributed by atoms with van der Waals surface area (Å²) in [4.78, 5) is 17.7. The van der Waals surface area contributed by atoms with Gasteiger partial charge in [0.1, 0.15) is 5.69 Å². The number of hydrogen-bond donors (Lipinski definition) is 0. The molecule has 0 spiro atoms. The molecule has 0 amide bonds. The van der Waals surface area contributed by atoms with Crippen LogP contribution in [-0.2, 0) is 0 Å². The van der Waals surface area contributed by atoms with Gasteiger partial charge in [-0.05, 0) is 43.2 Å². The van der Waals surface area contributed by atoms with Gasteiger partial charge < -0.3 is 18.9 Å². The summed E-state index contributed by atoms with van der Waals surface area (Å²) in [5.41, 5.74) is 1.84. The number of aromatic nitrogens is 2. The number of ether oxygens (including phenoxy) is 2. The second-order valence-electron chi connectivity index (χ2n) is 6.65. The van der Waals surface area contributed by atoms with Gasteiger partial charge >= 0.3 is 0 Å². The smallest absolute Gasteiger partial charge is 0.293 e. The molecule has 0 N–H and O–H groups in total. The lowest BCUT2D eigenvalue weighted by atomic mass is 10.1. The fourth-order valence-electron chi connectivity index (χ4n) is 3.46. The summed E-state index contributed by atoms with van der Waals surface area (Å²) in [6.07, 6.45) is 2.08. The third kappa shape index (κ3) is 3.58. The number of anilines is 1. The van der Waals surface area contributed by atoms with Gasteiger partial charge in [-0.1, -0.05) is 5.16 Å². The second kappa shape index (κ2) is 7.78. The van der Waals surface area contributed by atoms with E-state index in [1.807, 2.05) is 4.90 Å². The van der Waals surface area contributed by atoms with E-state index in [9.17, 15) is 10.1 Å². The second-order valence-corrected chi connectivity index (χ2v) is 6.65. The maximum Gasteiger partial charge on any atom is 0.293 e. The first kappa shape index (κ1) is 18.7. The van der Waals surface area contributed by atoms with Crippen molar-refractivity contribution >= 4 is 11.4 Å². The van der Waals surface area contributed by atoms with Crippen LogP contribution in [0.5, 0.6) is 11.5 Å². The lowest BCUT2D eigenvalue weighted by Crippen LogP contribution is -2.18. The van der Waals surface area contributed by atoms with Crippen molar-refractivity contribution in [1.29, 1.82) is 0 Å². The zero-order valence-electron chi connectivity index (χ0n) is 16.1. The largest absolute Gasteiger partial charge is 0.493 e. The van der Waals surface area contributed by atoms with Gasteiger partial charge in [-0.2, -0.15) is 4.98 Å². The van der Waals surface area contributed by atoms with E-state index in [4.69, 9.17) is 14.0 Å². The van der Waals surface area contributed by atoms with E-state index in [-0.39, 0.29) is 16.5 Å². The number of hydrogen-bond acceptors (Lipinski definition) is 8. The average Bonchev–Trinajstić information content (AvgIpc) is 3.45. The molecular weight excluding hydrogens is 376 g/mol. The van der Waals surface area contributed by atoms with Crippen LogP contribution in [0.2, 0.25) is 0 Å². The zero-order chi connectivity index (χ0) is 20.4. The molecule has 1 aromatic heterocycles. The fourth-order valence-corrected chi connectivity index (χ4v) is 3.46. The molecule has 1 saturated heterocycles. The number of benzene rings is 2. The van der Waals surface area contributed by atoms with Crippen molar-refractivity contribution in [3.05, 3.63) is 46.5 Å². The third-order valence-corrected chi connectivity index (χ3v) is 4.93. The Labute approximate surface area is 167 Å². The van der Waals surface area contributed by atoms with E-state index >= 15 is 0 Å². The highest BCUT2D eigenvalue weighted by Crippen LogP contribution is 2.36. The van der Waals surface area contributed by atoms with E-state index in [0.717, 1.165) is 25.9 Å². The number of methoxy groups -OCH3 is 2. The van der Waals surface area contributed by atoms with Crippen molar-refractivity contribution in [3.8, 4) is 34.3 Å². The molecule has 2 aromatic carbocycles. The Bertz CT molecular complexity index is 1040. The number of nitrogens with zero attached hydrogens (tertiary/aromatic N) is 4. The number of rotatable bonds is 6. The Morgan fingerprint density at radius 3 is 2.45 bits per heavy atom. The average molecular weight is 396 g/mol. The van der Waals surface area contributed by atoms with E-state index in [1.54, 1.807) is 44.6 Å². The van der Waals surface area contributed by atoms with Crippen molar-refractivity contribution in [2.75, 3.05) is 32.2 Å².